The topological polar surface area (TPSA) is 73.6 Å². The van der Waals surface area contributed by atoms with E-state index in [1.165, 1.54) is 0 Å². The number of methoxy groups -OCH3 is 1. The maximum Gasteiger partial charge on any atom is 0.261 e. The van der Waals surface area contributed by atoms with E-state index in [2.05, 4.69) is 11.2 Å². The number of terminal acetylenes is 1. The van der Waals surface area contributed by atoms with Gasteiger partial charge >= 0.3 is 0 Å². The van der Waals surface area contributed by atoms with Crippen molar-refractivity contribution in [1.82, 2.24) is 5.32 Å². The molecule has 0 saturated heterocycles. The van der Waals surface area contributed by atoms with Crippen LogP contribution in [0.5, 0.6) is 11.5 Å². The predicted octanol–water partition coefficient (Wildman–Crippen LogP) is 1.10. The lowest BCUT2D eigenvalue weighted by Crippen LogP contribution is -2.36. The van der Waals surface area contributed by atoms with Crippen molar-refractivity contribution in [2.45, 2.75) is 32.4 Å². The number of ether oxygens (including phenoxy) is 2. The number of nitrogens with two attached hydrogens (primary N) is 1. The fourth-order valence-corrected chi connectivity index (χ4v) is 1.83. The van der Waals surface area contributed by atoms with Gasteiger partial charge in [-0.05, 0) is 44.0 Å². The molecule has 0 saturated carbocycles. The summed E-state index contributed by atoms with van der Waals surface area (Å²) in [6.07, 6.45) is 5.10. The lowest BCUT2D eigenvalue weighted by molar-refractivity contribution is -0.127. The number of carbonyl (C=O) groups excluding carboxylic acids is 1. The SMILES string of the molecule is C#CCNC(=O)C(C)Oc1ccc(OC)cc1CC(C)N. The first kappa shape index (κ1) is 16.9. The Morgan fingerprint density at radius 2 is 2.19 bits per heavy atom. The number of amides is 1. The molecule has 3 N–H and O–H groups in total. The van der Waals surface area contributed by atoms with Gasteiger partial charge in [0, 0.05) is 6.04 Å². The smallest absolute Gasteiger partial charge is 0.261 e. The summed E-state index contributed by atoms with van der Waals surface area (Å²) in [5.74, 6) is 3.44. The van der Waals surface area contributed by atoms with E-state index in [9.17, 15) is 4.79 Å². The molecular weight excluding hydrogens is 268 g/mol. The van der Waals surface area contributed by atoms with Crippen LogP contribution in [-0.4, -0.2) is 31.7 Å². The molecule has 0 aliphatic carbocycles. The average molecular weight is 290 g/mol. The summed E-state index contributed by atoms with van der Waals surface area (Å²) >= 11 is 0. The Bertz CT molecular complexity index is 521. The Balaban J connectivity index is 2.86. The number of hydrogen-bond donors (Lipinski definition) is 2. The Morgan fingerprint density at radius 3 is 2.76 bits per heavy atom. The molecule has 5 heteroatoms. The van der Waals surface area contributed by atoms with Gasteiger partial charge in [-0.1, -0.05) is 5.92 Å². The minimum atomic E-state index is -0.640. The highest BCUT2D eigenvalue weighted by Crippen LogP contribution is 2.26. The Morgan fingerprint density at radius 1 is 1.48 bits per heavy atom. The van der Waals surface area contributed by atoms with Crippen LogP contribution < -0.4 is 20.5 Å². The first-order chi connectivity index (χ1) is 9.97. The summed E-state index contributed by atoms with van der Waals surface area (Å²) in [6.45, 7) is 3.76. The zero-order chi connectivity index (χ0) is 15.8. The lowest BCUT2D eigenvalue weighted by Gasteiger charge is -2.18. The fraction of sp³-hybridized carbons (Fsp3) is 0.438. The maximum atomic E-state index is 11.8. The third-order valence-electron chi connectivity index (χ3n) is 2.85. The van der Waals surface area contributed by atoms with Gasteiger partial charge in [0.15, 0.2) is 6.10 Å². The first-order valence-corrected chi connectivity index (χ1v) is 6.78. The summed E-state index contributed by atoms with van der Waals surface area (Å²) in [5.41, 5.74) is 6.75. The van der Waals surface area contributed by atoms with Crippen molar-refractivity contribution in [2.75, 3.05) is 13.7 Å². The van der Waals surface area contributed by atoms with Crippen LogP contribution in [0.4, 0.5) is 0 Å². The minimum absolute atomic E-state index is 0.0231. The molecule has 1 rings (SSSR count). The molecule has 21 heavy (non-hydrogen) atoms. The van der Waals surface area contributed by atoms with Gasteiger partial charge in [-0.15, -0.1) is 6.42 Å². The molecular formula is C16H22N2O3. The molecule has 1 amide bonds. The monoisotopic (exact) mass is 290 g/mol. The van der Waals surface area contributed by atoms with Crippen molar-refractivity contribution >= 4 is 5.91 Å². The van der Waals surface area contributed by atoms with E-state index in [-0.39, 0.29) is 18.5 Å². The Labute approximate surface area is 125 Å². The molecule has 114 valence electrons. The number of nitrogens with one attached hydrogen (secondary N) is 1. The van der Waals surface area contributed by atoms with E-state index < -0.39 is 6.10 Å². The molecule has 0 aliphatic rings. The summed E-state index contributed by atoms with van der Waals surface area (Å²) < 4.78 is 10.9. The van der Waals surface area contributed by atoms with Gasteiger partial charge in [0.25, 0.3) is 5.91 Å². The van der Waals surface area contributed by atoms with E-state index in [0.29, 0.717) is 12.2 Å². The molecule has 2 unspecified atom stereocenters. The van der Waals surface area contributed by atoms with E-state index in [0.717, 1.165) is 11.3 Å². The summed E-state index contributed by atoms with van der Waals surface area (Å²) in [6, 6.07) is 5.41. The van der Waals surface area contributed by atoms with Crippen LogP contribution in [0.15, 0.2) is 18.2 Å². The van der Waals surface area contributed by atoms with E-state index in [4.69, 9.17) is 21.6 Å². The van der Waals surface area contributed by atoms with Crippen molar-refractivity contribution < 1.29 is 14.3 Å². The standard InChI is InChI=1S/C16H22N2O3/c1-5-8-18-16(19)12(3)21-15-7-6-14(20-4)10-13(15)9-11(2)17/h1,6-7,10-12H,8-9,17H2,2-4H3,(H,18,19). The summed E-state index contributed by atoms with van der Waals surface area (Å²) in [7, 11) is 1.60. The third-order valence-corrected chi connectivity index (χ3v) is 2.85. The summed E-state index contributed by atoms with van der Waals surface area (Å²) in [5, 5.41) is 2.59. The molecule has 1 aromatic carbocycles. The first-order valence-electron chi connectivity index (χ1n) is 6.78. The maximum absolute atomic E-state index is 11.8. The molecule has 0 spiro atoms. The quantitative estimate of drug-likeness (QED) is 0.738. The van der Waals surface area contributed by atoms with Gasteiger partial charge in [0.2, 0.25) is 0 Å². The average Bonchev–Trinajstić information content (AvgIpc) is 2.45. The molecule has 0 aliphatic heterocycles. The zero-order valence-corrected chi connectivity index (χ0v) is 12.7. The van der Waals surface area contributed by atoms with Crippen LogP contribution in [0.25, 0.3) is 0 Å². The van der Waals surface area contributed by atoms with Gasteiger partial charge < -0.3 is 20.5 Å². The van der Waals surface area contributed by atoms with Crippen molar-refractivity contribution in [2.24, 2.45) is 5.73 Å². The van der Waals surface area contributed by atoms with Crippen LogP contribution in [0.2, 0.25) is 0 Å². The van der Waals surface area contributed by atoms with Gasteiger partial charge in [-0.3, -0.25) is 4.79 Å². The van der Waals surface area contributed by atoms with Gasteiger partial charge in [0.05, 0.1) is 13.7 Å². The van der Waals surface area contributed by atoms with Crippen LogP contribution in [0, 0.1) is 12.3 Å². The highest BCUT2D eigenvalue weighted by molar-refractivity contribution is 5.80. The molecule has 0 aromatic heterocycles. The van der Waals surface area contributed by atoms with Crippen molar-refractivity contribution in [3.63, 3.8) is 0 Å². The minimum Gasteiger partial charge on any atom is -0.497 e. The van der Waals surface area contributed by atoms with E-state index in [1.807, 2.05) is 13.0 Å². The second-order valence-electron chi connectivity index (χ2n) is 4.84. The molecule has 5 nitrogen and oxygen atoms in total. The molecule has 2 atom stereocenters. The van der Waals surface area contributed by atoms with Gasteiger partial charge in [0.1, 0.15) is 11.5 Å². The second-order valence-corrected chi connectivity index (χ2v) is 4.84. The van der Waals surface area contributed by atoms with Gasteiger partial charge in [-0.25, -0.2) is 0 Å². The molecule has 0 bridgehead atoms. The second kappa shape index (κ2) is 8.18. The van der Waals surface area contributed by atoms with Crippen molar-refractivity contribution in [3.05, 3.63) is 23.8 Å². The Hall–Kier alpha value is -2.19. The van der Waals surface area contributed by atoms with Crippen molar-refractivity contribution in [3.8, 4) is 23.8 Å². The number of hydrogen-bond acceptors (Lipinski definition) is 4. The number of rotatable bonds is 7. The molecule has 0 fully saturated rings. The van der Waals surface area contributed by atoms with Crippen LogP contribution in [0.3, 0.4) is 0 Å². The number of benzene rings is 1. The largest absolute Gasteiger partial charge is 0.497 e. The van der Waals surface area contributed by atoms with E-state index >= 15 is 0 Å². The Kier molecular flexibility index (Phi) is 6.57. The predicted molar refractivity (Wildman–Crippen MR) is 82.3 cm³/mol. The molecule has 1 aromatic rings. The summed E-state index contributed by atoms with van der Waals surface area (Å²) in [4.78, 5) is 11.8. The normalized spacial score (nSPS) is 12.9. The van der Waals surface area contributed by atoms with Crippen LogP contribution in [0.1, 0.15) is 19.4 Å². The van der Waals surface area contributed by atoms with Crippen LogP contribution in [-0.2, 0) is 11.2 Å². The molecule has 0 heterocycles. The van der Waals surface area contributed by atoms with Crippen LogP contribution >= 0.6 is 0 Å². The molecule has 0 radical (unpaired) electrons. The van der Waals surface area contributed by atoms with Gasteiger partial charge in [-0.2, -0.15) is 0 Å². The highest BCUT2D eigenvalue weighted by atomic mass is 16.5. The van der Waals surface area contributed by atoms with Crippen molar-refractivity contribution in [1.29, 1.82) is 0 Å². The zero-order valence-electron chi connectivity index (χ0n) is 12.7. The third kappa shape index (κ3) is 5.36. The highest BCUT2D eigenvalue weighted by Gasteiger charge is 2.16. The fourth-order valence-electron chi connectivity index (χ4n) is 1.83. The lowest BCUT2D eigenvalue weighted by atomic mass is 10.1. The number of carbonyl (C=O) groups is 1. The van der Waals surface area contributed by atoms with E-state index in [1.54, 1.807) is 26.2 Å².